The first-order valence-electron chi connectivity index (χ1n) is 3.71. The Hall–Kier alpha value is -1.69. The second-order valence-corrected chi connectivity index (χ2v) is 2.27. The van der Waals surface area contributed by atoms with Crippen molar-refractivity contribution in [2.75, 3.05) is 13.2 Å². The van der Waals surface area contributed by atoms with E-state index in [1.165, 1.54) is 0 Å². The van der Waals surface area contributed by atoms with Gasteiger partial charge in [-0.25, -0.2) is 0 Å². The maximum Gasteiger partial charge on any atom is 0.328 e. The molecule has 0 aliphatic rings. The zero-order valence-corrected chi connectivity index (χ0v) is 7.30. The third-order valence-electron chi connectivity index (χ3n) is 1.30. The van der Waals surface area contributed by atoms with Gasteiger partial charge < -0.3 is 14.9 Å². The number of ether oxygens (including phenoxy) is 1. The summed E-state index contributed by atoms with van der Waals surface area (Å²) < 4.78 is 4.30. The standard InChI is InChI=1S/C8H10O6/c1-2-5(10)6(7(11)12)8(13)14-4-3-9/h2,6,9H,1,3-4H2,(H,11,12). The van der Waals surface area contributed by atoms with E-state index in [-0.39, 0.29) is 6.61 Å². The topological polar surface area (TPSA) is 101 Å². The highest BCUT2D eigenvalue weighted by molar-refractivity contribution is 6.17. The van der Waals surface area contributed by atoms with E-state index in [2.05, 4.69) is 11.3 Å². The van der Waals surface area contributed by atoms with Crippen LogP contribution in [0.15, 0.2) is 12.7 Å². The van der Waals surface area contributed by atoms with Crippen LogP contribution in [-0.2, 0) is 19.1 Å². The lowest BCUT2D eigenvalue weighted by molar-refractivity contribution is -0.161. The van der Waals surface area contributed by atoms with Gasteiger partial charge in [-0.1, -0.05) is 6.58 Å². The minimum absolute atomic E-state index is 0.340. The molecule has 0 bridgehead atoms. The highest BCUT2D eigenvalue weighted by atomic mass is 16.5. The molecule has 0 aromatic heterocycles. The van der Waals surface area contributed by atoms with Gasteiger partial charge in [0, 0.05) is 0 Å². The number of ketones is 1. The minimum Gasteiger partial charge on any atom is -0.480 e. The minimum atomic E-state index is -1.89. The number of hydrogen-bond donors (Lipinski definition) is 2. The summed E-state index contributed by atoms with van der Waals surface area (Å²) in [5.74, 6) is -5.63. The van der Waals surface area contributed by atoms with Gasteiger partial charge in [-0.05, 0) is 6.08 Å². The summed E-state index contributed by atoms with van der Waals surface area (Å²) in [7, 11) is 0. The van der Waals surface area contributed by atoms with Crippen molar-refractivity contribution in [1.29, 1.82) is 0 Å². The van der Waals surface area contributed by atoms with Gasteiger partial charge >= 0.3 is 11.9 Å². The predicted molar refractivity (Wildman–Crippen MR) is 44.4 cm³/mol. The predicted octanol–water partition coefficient (Wildman–Crippen LogP) is -1.02. The zero-order valence-electron chi connectivity index (χ0n) is 7.30. The van der Waals surface area contributed by atoms with E-state index in [0.717, 1.165) is 6.08 Å². The molecule has 0 aromatic carbocycles. The molecular formula is C8H10O6. The molecule has 14 heavy (non-hydrogen) atoms. The van der Waals surface area contributed by atoms with Gasteiger partial charge in [0.2, 0.25) is 5.92 Å². The van der Waals surface area contributed by atoms with Crippen molar-refractivity contribution in [3.63, 3.8) is 0 Å². The zero-order chi connectivity index (χ0) is 11.1. The van der Waals surface area contributed by atoms with Gasteiger partial charge in [0.25, 0.3) is 0 Å². The molecule has 0 aliphatic carbocycles. The number of aliphatic carboxylic acids is 1. The molecule has 0 rings (SSSR count). The van der Waals surface area contributed by atoms with Crippen LogP contribution in [0.1, 0.15) is 0 Å². The molecule has 0 saturated heterocycles. The number of aliphatic hydroxyl groups is 1. The van der Waals surface area contributed by atoms with E-state index >= 15 is 0 Å². The van der Waals surface area contributed by atoms with Gasteiger partial charge in [0.15, 0.2) is 5.78 Å². The quantitative estimate of drug-likeness (QED) is 0.324. The molecule has 1 unspecified atom stereocenters. The SMILES string of the molecule is C=CC(=O)C(C(=O)O)C(=O)OCCO. The van der Waals surface area contributed by atoms with Crippen molar-refractivity contribution in [2.45, 2.75) is 0 Å². The van der Waals surface area contributed by atoms with Crippen LogP contribution in [0.3, 0.4) is 0 Å². The van der Waals surface area contributed by atoms with Gasteiger partial charge in [0.1, 0.15) is 6.61 Å². The number of allylic oxidation sites excluding steroid dienone is 1. The molecule has 0 aromatic rings. The first-order valence-corrected chi connectivity index (χ1v) is 3.71. The van der Waals surface area contributed by atoms with Gasteiger partial charge in [0.05, 0.1) is 6.61 Å². The maximum atomic E-state index is 11.0. The first-order chi connectivity index (χ1) is 6.54. The van der Waals surface area contributed by atoms with Crippen LogP contribution >= 0.6 is 0 Å². The average molecular weight is 202 g/mol. The Bertz CT molecular complexity index is 257. The molecule has 0 spiro atoms. The molecule has 0 radical (unpaired) electrons. The summed E-state index contributed by atoms with van der Waals surface area (Å²) in [6.07, 6.45) is 0.735. The van der Waals surface area contributed by atoms with E-state index in [1.54, 1.807) is 0 Å². The van der Waals surface area contributed by atoms with Crippen molar-refractivity contribution >= 4 is 17.7 Å². The Balaban J connectivity index is 4.49. The Morgan fingerprint density at radius 3 is 2.36 bits per heavy atom. The van der Waals surface area contributed by atoms with Crippen LogP contribution in [0.4, 0.5) is 0 Å². The number of carboxylic acids is 1. The molecule has 2 N–H and O–H groups in total. The van der Waals surface area contributed by atoms with E-state index in [4.69, 9.17) is 10.2 Å². The van der Waals surface area contributed by atoms with Crippen molar-refractivity contribution in [1.82, 2.24) is 0 Å². The van der Waals surface area contributed by atoms with E-state index in [1.807, 2.05) is 0 Å². The Labute approximate surface area is 79.8 Å². The molecule has 0 amide bonds. The van der Waals surface area contributed by atoms with E-state index < -0.39 is 30.2 Å². The summed E-state index contributed by atoms with van der Waals surface area (Å²) in [6.45, 7) is 2.29. The summed E-state index contributed by atoms with van der Waals surface area (Å²) in [6, 6.07) is 0. The van der Waals surface area contributed by atoms with Gasteiger partial charge in [-0.15, -0.1) is 0 Å². The van der Waals surface area contributed by atoms with Crippen LogP contribution in [0.5, 0.6) is 0 Å². The molecular weight excluding hydrogens is 192 g/mol. The summed E-state index contributed by atoms with van der Waals surface area (Å²) >= 11 is 0. The molecule has 1 atom stereocenters. The van der Waals surface area contributed by atoms with Crippen molar-refractivity contribution in [2.24, 2.45) is 5.92 Å². The highest BCUT2D eigenvalue weighted by Gasteiger charge is 2.33. The van der Waals surface area contributed by atoms with Crippen molar-refractivity contribution in [3.05, 3.63) is 12.7 Å². The third-order valence-corrected chi connectivity index (χ3v) is 1.30. The average Bonchev–Trinajstić information content (AvgIpc) is 2.14. The van der Waals surface area contributed by atoms with Crippen LogP contribution in [0.25, 0.3) is 0 Å². The van der Waals surface area contributed by atoms with Crippen LogP contribution in [0.2, 0.25) is 0 Å². The summed E-state index contributed by atoms with van der Waals surface area (Å²) in [4.78, 5) is 32.3. The van der Waals surface area contributed by atoms with Crippen LogP contribution < -0.4 is 0 Å². The molecule has 78 valence electrons. The molecule has 0 fully saturated rings. The second-order valence-electron chi connectivity index (χ2n) is 2.27. The number of rotatable bonds is 6. The maximum absolute atomic E-state index is 11.0. The van der Waals surface area contributed by atoms with E-state index in [0.29, 0.717) is 0 Å². The van der Waals surface area contributed by atoms with Gasteiger partial charge in [-0.2, -0.15) is 0 Å². The monoisotopic (exact) mass is 202 g/mol. The van der Waals surface area contributed by atoms with E-state index in [9.17, 15) is 14.4 Å². The number of carbonyl (C=O) groups is 3. The number of carboxylic acid groups (broad SMARTS) is 1. The van der Waals surface area contributed by atoms with Crippen molar-refractivity contribution < 1.29 is 29.3 Å². The number of hydrogen-bond acceptors (Lipinski definition) is 5. The molecule has 6 heteroatoms. The molecule has 0 saturated carbocycles. The fourth-order valence-corrected chi connectivity index (χ4v) is 0.686. The lowest BCUT2D eigenvalue weighted by Gasteiger charge is -2.07. The molecule has 0 aliphatic heterocycles. The van der Waals surface area contributed by atoms with Crippen LogP contribution in [-0.4, -0.2) is 41.1 Å². The number of aliphatic hydroxyl groups excluding tert-OH is 1. The fourth-order valence-electron chi connectivity index (χ4n) is 0.686. The number of esters is 1. The Kier molecular flexibility index (Phi) is 5.16. The normalized spacial score (nSPS) is 11.5. The lowest BCUT2D eigenvalue weighted by atomic mass is 10.1. The largest absolute Gasteiger partial charge is 0.480 e. The fraction of sp³-hybridized carbons (Fsp3) is 0.375. The first kappa shape index (κ1) is 12.3. The lowest BCUT2D eigenvalue weighted by Crippen LogP contribution is -2.32. The second kappa shape index (κ2) is 5.87. The van der Waals surface area contributed by atoms with Crippen LogP contribution in [0, 0.1) is 5.92 Å². The summed E-state index contributed by atoms with van der Waals surface area (Å²) in [5.41, 5.74) is 0. The Morgan fingerprint density at radius 1 is 1.43 bits per heavy atom. The molecule has 6 nitrogen and oxygen atoms in total. The smallest absolute Gasteiger partial charge is 0.328 e. The summed E-state index contributed by atoms with van der Waals surface area (Å²) in [5, 5.41) is 16.8. The third kappa shape index (κ3) is 3.36. The molecule has 0 heterocycles. The van der Waals surface area contributed by atoms with Gasteiger partial charge in [-0.3, -0.25) is 14.4 Å². The Morgan fingerprint density at radius 2 is 2.00 bits per heavy atom. The van der Waals surface area contributed by atoms with Crippen molar-refractivity contribution in [3.8, 4) is 0 Å². The number of carbonyl (C=O) groups excluding carboxylic acids is 2. The highest BCUT2D eigenvalue weighted by Crippen LogP contribution is 2.03.